The molecule has 0 heterocycles. The van der Waals surface area contributed by atoms with Crippen LogP contribution < -0.4 is 0 Å². The van der Waals surface area contributed by atoms with Crippen molar-refractivity contribution in [2.24, 2.45) is 0 Å². The second kappa shape index (κ2) is 7.15. The van der Waals surface area contributed by atoms with Crippen molar-refractivity contribution >= 4 is 37.9 Å². The molecular formula is C30H24. The van der Waals surface area contributed by atoms with Gasteiger partial charge >= 0.3 is 0 Å². The molecule has 0 amide bonds. The molecule has 0 heteroatoms. The molecule has 0 aromatic heterocycles. The lowest BCUT2D eigenvalue weighted by Crippen LogP contribution is -1.97. The Kier molecular flexibility index (Phi) is 4.16. The van der Waals surface area contributed by atoms with Gasteiger partial charge in [-0.05, 0) is 86.3 Å². The normalized spacial score (nSPS) is 14.3. The summed E-state index contributed by atoms with van der Waals surface area (Å²) in [6.07, 6.45) is 7.47. The summed E-state index contributed by atoms with van der Waals surface area (Å²) in [5.41, 5.74) is 5.63. The first kappa shape index (κ1) is 17.5. The lowest BCUT2D eigenvalue weighted by atomic mass is 9.83. The molecule has 0 saturated heterocycles. The lowest BCUT2D eigenvalue weighted by molar-refractivity contribution is 0.743. The van der Waals surface area contributed by atoms with Gasteiger partial charge in [0.15, 0.2) is 0 Å². The van der Waals surface area contributed by atoms with E-state index in [4.69, 9.17) is 0 Å². The van der Waals surface area contributed by atoms with E-state index in [0.717, 1.165) is 0 Å². The highest BCUT2D eigenvalue weighted by molar-refractivity contribution is 6.19. The van der Waals surface area contributed by atoms with E-state index in [2.05, 4.69) is 97.1 Å². The highest BCUT2D eigenvalue weighted by Gasteiger charge is 2.18. The van der Waals surface area contributed by atoms with Crippen molar-refractivity contribution in [1.82, 2.24) is 0 Å². The molecule has 144 valence electrons. The van der Waals surface area contributed by atoms with Gasteiger partial charge < -0.3 is 0 Å². The fraction of sp³-hybridized carbons (Fsp3) is 0.133. The van der Waals surface area contributed by atoms with Crippen molar-refractivity contribution in [1.29, 1.82) is 0 Å². The molecule has 0 unspecified atom stereocenters. The van der Waals surface area contributed by atoms with Gasteiger partial charge in [0.1, 0.15) is 0 Å². The number of hydrogen-bond acceptors (Lipinski definition) is 0. The summed E-state index contributed by atoms with van der Waals surface area (Å²) >= 11 is 0. The molecule has 0 spiro atoms. The van der Waals surface area contributed by atoms with Gasteiger partial charge in [-0.15, -0.1) is 0 Å². The van der Waals surface area contributed by atoms with Gasteiger partial charge in [0.25, 0.3) is 0 Å². The van der Waals surface area contributed by atoms with E-state index in [1.807, 2.05) is 0 Å². The number of rotatable bonds is 2. The van der Waals surface area contributed by atoms with Crippen LogP contribution in [0.4, 0.5) is 0 Å². The van der Waals surface area contributed by atoms with Crippen LogP contribution in [0.25, 0.3) is 49.0 Å². The maximum atomic E-state index is 2.48. The van der Waals surface area contributed by atoms with Gasteiger partial charge in [0.2, 0.25) is 0 Å². The molecule has 0 bridgehead atoms. The fourth-order valence-corrected chi connectivity index (χ4v) is 5.20. The first-order valence-electron chi connectivity index (χ1n) is 11.0. The van der Waals surface area contributed by atoms with Crippen molar-refractivity contribution in [3.63, 3.8) is 0 Å². The van der Waals surface area contributed by atoms with E-state index < -0.39 is 0 Å². The van der Waals surface area contributed by atoms with Crippen LogP contribution >= 0.6 is 0 Å². The zero-order valence-electron chi connectivity index (χ0n) is 17.1. The molecule has 30 heavy (non-hydrogen) atoms. The molecule has 0 radical (unpaired) electrons. The highest BCUT2D eigenvalue weighted by atomic mass is 14.2. The van der Waals surface area contributed by atoms with E-state index in [-0.39, 0.29) is 0 Å². The third kappa shape index (κ3) is 2.75. The third-order valence-corrected chi connectivity index (χ3v) is 6.58. The van der Waals surface area contributed by atoms with Crippen LogP contribution in [0.5, 0.6) is 0 Å². The summed E-state index contributed by atoms with van der Waals surface area (Å²) in [6, 6.07) is 33.5. The fourth-order valence-electron chi connectivity index (χ4n) is 5.20. The van der Waals surface area contributed by atoms with Crippen LogP contribution in [0.2, 0.25) is 0 Å². The molecule has 0 saturated carbocycles. The molecule has 5 aromatic carbocycles. The van der Waals surface area contributed by atoms with Gasteiger partial charge in [-0.25, -0.2) is 0 Å². The average molecular weight is 385 g/mol. The molecule has 0 fully saturated rings. The Bertz CT molecular complexity index is 1380. The summed E-state index contributed by atoms with van der Waals surface area (Å²) in [5.74, 6) is 0. The minimum Gasteiger partial charge on any atom is -0.0807 e. The molecule has 6 rings (SSSR count). The SMILES string of the molecule is C1=C(c2c3ccccc3c(-c3ccc4ccccc4c3)c3ccccc23)CCCC1. The number of fused-ring (bicyclic) bond motifs is 3. The average Bonchev–Trinajstić information content (AvgIpc) is 2.82. The summed E-state index contributed by atoms with van der Waals surface area (Å²) in [7, 11) is 0. The van der Waals surface area contributed by atoms with Crippen molar-refractivity contribution in [3.05, 3.63) is 103 Å². The molecule has 0 nitrogen and oxygen atoms in total. The first-order valence-corrected chi connectivity index (χ1v) is 11.0. The Morgan fingerprint density at radius 2 is 1.10 bits per heavy atom. The van der Waals surface area contributed by atoms with Gasteiger partial charge in [-0.3, -0.25) is 0 Å². The molecule has 0 atom stereocenters. The van der Waals surface area contributed by atoms with E-state index in [1.54, 1.807) is 0 Å². The predicted octanol–water partition coefficient (Wildman–Crippen LogP) is 8.77. The van der Waals surface area contributed by atoms with Gasteiger partial charge in [0.05, 0.1) is 0 Å². The zero-order chi connectivity index (χ0) is 19.9. The summed E-state index contributed by atoms with van der Waals surface area (Å²) in [6.45, 7) is 0. The van der Waals surface area contributed by atoms with Gasteiger partial charge in [-0.1, -0.05) is 91.0 Å². The van der Waals surface area contributed by atoms with Crippen LogP contribution in [0.3, 0.4) is 0 Å². The largest absolute Gasteiger partial charge is 0.0807 e. The van der Waals surface area contributed by atoms with Gasteiger partial charge in [0, 0.05) is 0 Å². The van der Waals surface area contributed by atoms with E-state index in [0.29, 0.717) is 0 Å². The van der Waals surface area contributed by atoms with Gasteiger partial charge in [-0.2, -0.15) is 0 Å². The van der Waals surface area contributed by atoms with Crippen molar-refractivity contribution in [2.75, 3.05) is 0 Å². The Hall–Kier alpha value is -3.38. The molecule has 0 N–H and O–H groups in total. The summed E-state index contributed by atoms with van der Waals surface area (Å²) in [4.78, 5) is 0. The Morgan fingerprint density at radius 3 is 1.73 bits per heavy atom. The maximum Gasteiger partial charge on any atom is -0.00262 e. The minimum absolute atomic E-state index is 1.18. The quantitative estimate of drug-likeness (QED) is 0.267. The predicted molar refractivity (Wildman–Crippen MR) is 131 cm³/mol. The zero-order valence-corrected chi connectivity index (χ0v) is 17.1. The van der Waals surface area contributed by atoms with E-state index in [9.17, 15) is 0 Å². The van der Waals surface area contributed by atoms with Crippen molar-refractivity contribution < 1.29 is 0 Å². The lowest BCUT2D eigenvalue weighted by Gasteiger charge is -2.21. The van der Waals surface area contributed by atoms with Crippen LogP contribution in [-0.2, 0) is 0 Å². The third-order valence-electron chi connectivity index (χ3n) is 6.58. The number of allylic oxidation sites excluding steroid dienone is 2. The topological polar surface area (TPSA) is 0 Å². The summed E-state index contributed by atoms with van der Waals surface area (Å²) in [5, 5.41) is 8.06. The Balaban J connectivity index is 1.75. The molecule has 0 aliphatic heterocycles. The molecule has 1 aliphatic rings. The van der Waals surface area contributed by atoms with E-state index >= 15 is 0 Å². The van der Waals surface area contributed by atoms with E-state index in [1.165, 1.54) is 80.3 Å². The standard InChI is InChI=1S/C30H24/c1-2-11-22(12-3-1)29-25-14-6-8-16-27(25)30(28-17-9-7-15-26(28)29)24-19-18-21-10-4-5-13-23(21)20-24/h4-11,13-20H,1-3,12H2. The Labute approximate surface area is 177 Å². The van der Waals surface area contributed by atoms with Crippen LogP contribution in [-0.4, -0.2) is 0 Å². The number of benzene rings is 5. The van der Waals surface area contributed by atoms with Crippen LogP contribution in [0, 0.1) is 0 Å². The second-order valence-corrected chi connectivity index (χ2v) is 8.38. The van der Waals surface area contributed by atoms with Crippen molar-refractivity contribution in [3.8, 4) is 11.1 Å². The molecule has 1 aliphatic carbocycles. The minimum atomic E-state index is 1.18. The monoisotopic (exact) mass is 384 g/mol. The maximum absolute atomic E-state index is 2.48. The van der Waals surface area contributed by atoms with Crippen molar-refractivity contribution in [2.45, 2.75) is 25.7 Å². The summed E-state index contributed by atoms with van der Waals surface area (Å²) < 4.78 is 0. The first-order chi connectivity index (χ1) is 14.9. The van der Waals surface area contributed by atoms with Crippen LogP contribution in [0.15, 0.2) is 97.1 Å². The molecular weight excluding hydrogens is 360 g/mol. The molecule has 5 aromatic rings. The smallest absolute Gasteiger partial charge is 0.00262 e. The number of hydrogen-bond donors (Lipinski definition) is 0. The Morgan fingerprint density at radius 1 is 0.500 bits per heavy atom. The second-order valence-electron chi connectivity index (χ2n) is 8.38. The van der Waals surface area contributed by atoms with Crippen LogP contribution in [0.1, 0.15) is 31.2 Å². The highest BCUT2D eigenvalue weighted by Crippen LogP contribution is 2.43.